The van der Waals surface area contributed by atoms with Crippen LogP contribution in [-0.2, 0) is 11.2 Å². The number of nitrogens with zero attached hydrogens (tertiary/aromatic N) is 4. The molecule has 24 heavy (non-hydrogen) atoms. The van der Waals surface area contributed by atoms with E-state index in [-0.39, 0.29) is 5.91 Å². The summed E-state index contributed by atoms with van der Waals surface area (Å²) in [5.74, 6) is 0.914. The Morgan fingerprint density at radius 3 is 2.62 bits per heavy atom. The standard InChI is InChI=1S/C18H19N5O/c19-13-15-5-3-14(4-6-15)12-18(24)23-10-7-16(8-11-23)21-17-2-1-9-20-22-17/h1-6,9,16H,7-8,10-12H2,(H,21,22). The fourth-order valence-corrected chi connectivity index (χ4v) is 2.84. The van der Waals surface area contributed by atoms with Crippen LogP contribution < -0.4 is 5.32 Å². The first-order valence-corrected chi connectivity index (χ1v) is 8.05. The maximum atomic E-state index is 12.4. The zero-order valence-electron chi connectivity index (χ0n) is 13.4. The van der Waals surface area contributed by atoms with Crippen molar-refractivity contribution in [1.29, 1.82) is 5.26 Å². The second-order valence-corrected chi connectivity index (χ2v) is 5.89. The van der Waals surface area contributed by atoms with E-state index in [1.165, 1.54) is 0 Å². The first-order chi connectivity index (χ1) is 11.7. The van der Waals surface area contributed by atoms with E-state index >= 15 is 0 Å². The van der Waals surface area contributed by atoms with E-state index in [9.17, 15) is 4.79 Å². The molecule has 2 aromatic rings. The lowest BCUT2D eigenvalue weighted by Crippen LogP contribution is -2.43. The number of likely N-dealkylation sites (tertiary alicyclic amines) is 1. The summed E-state index contributed by atoms with van der Waals surface area (Å²) in [6, 6.07) is 13.3. The minimum Gasteiger partial charge on any atom is -0.366 e. The SMILES string of the molecule is N#Cc1ccc(CC(=O)N2CCC(Nc3cccnn3)CC2)cc1. The number of piperidine rings is 1. The van der Waals surface area contributed by atoms with E-state index in [1.54, 1.807) is 18.3 Å². The fraction of sp³-hybridized carbons (Fsp3) is 0.333. The van der Waals surface area contributed by atoms with Gasteiger partial charge in [-0.25, -0.2) is 0 Å². The van der Waals surface area contributed by atoms with Gasteiger partial charge in [-0.1, -0.05) is 12.1 Å². The van der Waals surface area contributed by atoms with E-state index < -0.39 is 0 Å². The first kappa shape index (κ1) is 15.9. The zero-order chi connectivity index (χ0) is 16.8. The van der Waals surface area contributed by atoms with E-state index in [0.29, 0.717) is 18.0 Å². The first-order valence-electron chi connectivity index (χ1n) is 8.05. The Morgan fingerprint density at radius 1 is 1.25 bits per heavy atom. The van der Waals surface area contributed by atoms with Gasteiger partial charge >= 0.3 is 0 Å². The molecule has 0 spiro atoms. The molecule has 0 unspecified atom stereocenters. The van der Waals surface area contributed by atoms with E-state index in [0.717, 1.165) is 37.3 Å². The van der Waals surface area contributed by atoms with Gasteiger partial charge in [0.2, 0.25) is 5.91 Å². The van der Waals surface area contributed by atoms with Gasteiger partial charge in [0.25, 0.3) is 0 Å². The van der Waals surface area contributed by atoms with Crippen molar-refractivity contribution in [2.75, 3.05) is 18.4 Å². The molecule has 0 atom stereocenters. The summed E-state index contributed by atoms with van der Waals surface area (Å²) in [6.45, 7) is 1.49. The monoisotopic (exact) mass is 321 g/mol. The normalized spacial score (nSPS) is 14.9. The quantitative estimate of drug-likeness (QED) is 0.931. The number of nitriles is 1. The molecule has 0 saturated carbocycles. The third-order valence-corrected chi connectivity index (χ3v) is 4.21. The summed E-state index contributed by atoms with van der Waals surface area (Å²) < 4.78 is 0. The number of aromatic nitrogens is 2. The maximum Gasteiger partial charge on any atom is 0.226 e. The lowest BCUT2D eigenvalue weighted by molar-refractivity contribution is -0.131. The molecular formula is C18H19N5O. The van der Waals surface area contributed by atoms with Crippen LogP contribution in [0.2, 0.25) is 0 Å². The van der Waals surface area contributed by atoms with Crippen molar-refractivity contribution in [1.82, 2.24) is 15.1 Å². The predicted molar refractivity (Wildman–Crippen MR) is 90.1 cm³/mol. The number of anilines is 1. The maximum absolute atomic E-state index is 12.4. The summed E-state index contributed by atoms with van der Waals surface area (Å²) >= 11 is 0. The summed E-state index contributed by atoms with van der Waals surface area (Å²) in [7, 11) is 0. The second-order valence-electron chi connectivity index (χ2n) is 5.89. The molecule has 1 N–H and O–H groups in total. The zero-order valence-corrected chi connectivity index (χ0v) is 13.4. The van der Waals surface area contributed by atoms with Gasteiger partial charge in [-0.15, -0.1) is 5.10 Å². The van der Waals surface area contributed by atoms with Crippen molar-refractivity contribution in [3.05, 3.63) is 53.7 Å². The molecule has 6 nitrogen and oxygen atoms in total. The molecular weight excluding hydrogens is 302 g/mol. The van der Waals surface area contributed by atoms with Gasteiger partial charge in [-0.3, -0.25) is 4.79 Å². The Balaban J connectivity index is 1.48. The van der Waals surface area contributed by atoms with Crippen molar-refractivity contribution in [3.8, 4) is 6.07 Å². The molecule has 1 aromatic carbocycles. The molecule has 6 heteroatoms. The summed E-state index contributed by atoms with van der Waals surface area (Å²) in [6.07, 6.45) is 3.83. The third-order valence-electron chi connectivity index (χ3n) is 4.21. The van der Waals surface area contributed by atoms with Gasteiger partial charge in [0, 0.05) is 25.3 Å². The molecule has 1 aliphatic rings. The van der Waals surface area contributed by atoms with E-state index in [1.807, 2.05) is 29.2 Å². The van der Waals surface area contributed by atoms with E-state index in [2.05, 4.69) is 21.6 Å². The number of carbonyl (C=O) groups is 1. The topological polar surface area (TPSA) is 81.9 Å². The van der Waals surface area contributed by atoms with Crippen LogP contribution in [0.25, 0.3) is 0 Å². The predicted octanol–water partition coefficient (Wildman–Crippen LogP) is 1.99. The number of nitrogens with one attached hydrogen (secondary N) is 1. The van der Waals surface area contributed by atoms with Crippen LogP contribution >= 0.6 is 0 Å². The summed E-state index contributed by atoms with van der Waals surface area (Å²) in [5, 5.41) is 20.1. The van der Waals surface area contributed by atoms with Gasteiger partial charge in [0.15, 0.2) is 0 Å². The molecule has 1 fully saturated rings. The Labute approximate surface area is 141 Å². The molecule has 0 aliphatic carbocycles. The highest BCUT2D eigenvalue weighted by Gasteiger charge is 2.22. The molecule has 1 saturated heterocycles. The minimum absolute atomic E-state index is 0.137. The molecule has 3 rings (SSSR count). The van der Waals surface area contributed by atoms with Crippen LogP contribution in [0.5, 0.6) is 0 Å². The Morgan fingerprint density at radius 2 is 2.00 bits per heavy atom. The van der Waals surface area contributed by atoms with Crippen molar-refractivity contribution >= 4 is 11.7 Å². The van der Waals surface area contributed by atoms with Gasteiger partial charge < -0.3 is 10.2 Å². The summed E-state index contributed by atoms with van der Waals surface area (Å²) in [5.41, 5.74) is 1.56. The number of amides is 1. The van der Waals surface area contributed by atoms with Gasteiger partial charge in [0.1, 0.15) is 5.82 Å². The lowest BCUT2D eigenvalue weighted by Gasteiger charge is -2.32. The average Bonchev–Trinajstić information content (AvgIpc) is 2.64. The lowest BCUT2D eigenvalue weighted by atomic mass is 10.0. The molecule has 0 bridgehead atoms. The molecule has 122 valence electrons. The Bertz CT molecular complexity index is 715. The van der Waals surface area contributed by atoms with Crippen LogP contribution in [0.3, 0.4) is 0 Å². The van der Waals surface area contributed by atoms with Gasteiger partial charge in [-0.05, 0) is 42.7 Å². The number of hydrogen-bond acceptors (Lipinski definition) is 5. The number of hydrogen-bond donors (Lipinski definition) is 1. The minimum atomic E-state index is 0.137. The number of carbonyl (C=O) groups excluding carboxylic acids is 1. The molecule has 1 amide bonds. The number of rotatable bonds is 4. The van der Waals surface area contributed by atoms with Gasteiger partial charge in [0.05, 0.1) is 18.1 Å². The van der Waals surface area contributed by atoms with Crippen LogP contribution in [0.15, 0.2) is 42.6 Å². The smallest absolute Gasteiger partial charge is 0.226 e. The largest absolute Gasteiger partial charge is 0.366 e. The Hall–Kier alpha value is -2.94. The van der Waals surface area contributed by atoms with E-state index in [4.69, 9.17) is 5.26 Å². The van der Waals surface area contributed by atoms with Crippen molar-refractivity contribution < 1.29 is 4.79 Å². The summed E-state index contributed by atoms with van der Waals surface area (Å²) in [4.78, 5) is 14.3. The second kappa shape index (κ2) is 7.55. The highest BCUT2D eigenvalue weighted by atomic mass is 16.2. The van der Waals surface area contributed by atoms with Crippen LogP contribution in [0.1, 0.15) is 24.0 Å². The van der Waals surface area contributed by atoms with Crippen LogP contribution in [0.4, 0.5) is 5.82 Å². The molecule has 1 aromatic heterocycles. The van der Waals surface area contributed by atoms with Crippen LogP contribution in [-0.4, -0.2) is 40.1 Å². The van der Waals surface area contributed by atoms with Gasteiger partial charge in [-0.2, -0.15) is 10.4 Å². The highest BCUT2D eigenvalue weighted by molar-refractivity contribution is 5.79. The van der Waals surface area contributed by atoms with Crippen LogP contribution in [0, 0.1) is 11.3 Å². The van der Waals surface area contributed by atoms with Crippen molar-refractivity contribution in [2.24, 2.45) is 0 Å². The highest BCUT2D eigenvalue weighted by Crippen LogP contribution is 2.16. The molecule has 2 heterocycles. The average molecular weight is 321 g/mol. The Kier molecular flexibility index (Phi) is 5.02. The van der Waals surface area contributed by atoms with Crippen molar-refractivity contribution in [2.45, 2.75) is 25.3 Å². The third kappa shape index (κ3) is 4.07. The van der Waals surface area contributed by atoms with Crippen molar-refractivity contribution in [3.63, 3.8) is 0 Å². The number of benzene rings is 1. The fourth-order valence-electron chi connectivity index (χ4n) is 2.84. The molecule has 0 radical (unpaired) electrons. The molecule has 1 aliphatic heterocycles.